The minimum Gasteiger partial charge on any atom is -0.312 e. The molecule has 1 N–H and O–H groups in total. The molecule has 0 radical (unpaired) electrons. The van der Waals surface area contributed by atoms with Gasteiger partial charge in [0.15, 0.2) is 0 Å². The first-order valence-electron chi connectivity index (χ1n) is 4.40. The van der Waals surface area contributed by atoms with Crippen molar-refractivity contribution < 1.29 is 0 Å². The number of nitrogens with one attached hydrogen (secondary N) is 1. The zero-order chi connectivity index (χ0) is 9.26. The van der Waals surface area contributed by atoms with Crippen molar-refractivity contribution in [1.82, 2.24) is 5.32 Å². The molecule has 1 nitrogen and oxygen atoms in total. The first-order valence-corrected chi connectivity index (χ1v) is 6.39. The third-order valence-corrected chi connectivity index (χ3v) is 4.60. The van der Waals surface area contributed by atoms with E-state index in [9.17, 15) is 0 Å². The molecule has 1 heterocycles. The van der Waals surface area contributed by atoms with Gasteiger partial charge < -0.3 is 5.32 Å². The Labute approximate surface area is 95.6 Å². The SMILES string of the molecule is Clc1sc(CNCC2CC2)cc1Br. The maximum absolute atomic E-state index is 5.93. The number of rotatable bonds is 4. The Morgan fingerprint density at radius 3 is 2.92 bits per heavy atom. The molecule has 1 aromatic heterocycles. The third kappa shape index (κ3) is 2.94. The predicted molar refractivity (Wildman–Crippen MR) is 61.5 cm³/mol. The highest BCUT2D eigenvalue weighted by Gasteiger charge is 2.20. The van der Waals surface area contributed by atoms with Crippen molar-refractivity contribution in [3.05, 3.63) is 19.8 Å². The average Bonchev–Trinajstić information content (AvgIpc) is 2.82. The number of halogens is 2. The van der Waals surface area contributed by atoms with Crippen LogP contribution in [0, 0.1) is 5.92 Å². The summed E-state index contributed by atoms with van der Waals surface area (Å²) >= 11 is 11.0. The predicted octanol–water partition coefficient (Wildman–Crippen LogP) is 3.66. The van der Waals surface area contributed by atoms with Crippen LogP contribution < -0.4 is 5.32 Å². The number of thiophene rings is 1. The maximum Gasteiger partial charge on any atom is 0.107 e. The summed E-state index contributed by atoms with van der Waals surface area (Å²) in [6.07, 6.45) is 2.81. The molecule has 0 saturated heterocycles. The van der Waals surface area contributed by atoms with Crippen LogP contribution in [0.3, 0.4) is 0 Å². The highest BCUT2D eigenvalue weighted by molar-refractivity contribution is 9.10. The molecule has 2 rings (SSSR count). The van der Waals surface area contributed by atoms with Gasteiger partial charge in [-0.3, -0.25) is 0 Å². The zero-order valence-corrected chi connectivity index (χ0v) is 10.3. The largest absolute Gasteiger partial charge is 0.312 e. The molecule has 1 aliphatic rings. The van der Waals surface area contributed by atoms with Gasteiger partial charge in [0, 0.05) is 15.9 Å². The summed E-state index contributed by atoms with van der Waals surface area (Å²) in [4.78, 5) is 1.30. The fourth-order valence-corrected chi connectivity index (χ4v) is 2.96. The second-order valence-corrected chi connectivity index (χ2v) is 6.00. The third-order valence-electron chi connectivity index (χ3n) is 2.13. The van der Waals surface area contributed by atoms with Gasteiger partial charge in [0.1, 0.15) is 4.34 Å². The fourth-order valence-electron chi connectivity index (χ4n) is 1.20. The van der Waals surface area contributed by atoms with E-state index in [1.54, 1.807) is 11.3 Å². The molecule has 1 aromatic rings. The van der Waals surface area contributed by atoms with Crippen molar-refractivity contribution in [1.29, 1.82) is 0 Å². The van der Waals surface area contributed by atoms with E-state index in [0.717, 1.165) is 27.8 Å². The molecular formula is C9H11BrClNS. The lowest BCUT2D eigenvalue weighted by Crippen LogP contribution is -2.15. The van der Waals surface area contributed by atoms with Crippen LogP contribution in [0.1, 0.15) is 17.7 Å². The summed E-state index contributed by atoms with van der Waals surface area (Å²) in [7, 11) is 0. The Morgan fingerprint density at radius 2 is 2.38 bits per heavy atom. The highest BCUT2D eigenvalue weighted by Crippen LogP contribution is 2.32. The molecule has 0 unspecified atom stereocenters. The Balaban J connectivity index is 1.79. The van der Waals surface area contributed by atoms with Crippen molar-refractivity contribution in [2.45, 2.75) is 19.4 Å². The van der Waals surface area contributed by atoms with Gasteiger partial charge in [0.05, 0.1) is 0 Å². The van der Waals surface area contributed by atoms with Crippen LogP contribution in [0.4, 0.5) is 0 Å². The Bertz CT molecular complexity index is 276. The van der Waals surface area contributed by atoms with Crippen LogP contribution in [-0.4, -0.2) is 6.54 Å². The first kappa shape index (κ1) is 9.97. The van der Waals surface area contributed by atoms with Gasteiger partial charge in [-0.15, -0.1) is 11.3 Å². The minimum atomic E-state index is 0.850. The minimum absolute atomic E-state index is 0.850. The van der Waals surface area contributed by atoms with Crippen LogP contribution in [0.25, 0.3) is 0 Å². The van der Waals surface area contributed by atoms with Gasteiger partial charge in [-0.25, -0.2) is 0 Å². The summed E-state index contributed by atoms with van der Waals surface area (Å²) in [5, 5.41) is 3.44. The van der Waals surface area contributed by atoms with Gasteiger partial charge in [0.2, 0.25) is 0 Å². The molecule has 72 valence electrons. The van der Waals surface area contributed by atoms with E-state index < -0.39 is 0 Å². The molecule has 1 fully saturated rings. The van der Waals surface area contributed by atoms with Gasteiger partial charge in [-0.1, -0.05) is 11.6 Å². The van der Waals surface area contributed by atoms with E-state index in [0.29, 0.717) is 0 Å². The molecule has 1 saturated carbocycles. The number of hydrogen-bond acceptors (Lipinski definition) is 2. The van der Waals surface area contributed by atoms with E-state index in [4.69, 9.17) is 11.6 Å². The van der Waals surface area contributed by atoms with Crippen molar-refractivity contribution in [3.63, 3.8) is 0 Å². The van der Waals surface area contributed by atoms with E-state index in [-0.39, 0.29) is 0 Å². The standard InChI is InChI=1S/C9H11BrClNS/c10-8-3-7(13-9(8)11)5-12-4-6-1-2-6/h3,6,12H,1-2,4-5H2. The molecule has 0 amide bonds. The van der Waals surface area contributed by atoms with Crippen LogP contribution in [0.15, 0.2) is 10.5 Å². The molecular weight excluding hydrogens is 270 g/mol. The molecule has 0 aromatic carbocycles. The lowest BCUT2D eigenvalue weighted by Gasteiger charge is -1.99. The van der Waals surface area contributed by atoms with Crippen molar-refractivity contribution in [2.24, 2.45) is 5.92 Å². The topological polar surface area (TPSA) is 12.0 Å². The van der Waals surface area contributed by atoms with Crippen LogP contribution in [0.2, 0.25) is 4.34 Å². The van der Waals surface area contributed by atoms with Crippen LogP contribution in [0.5, 0.6) is 0 Å². The smallest absolute Gasteiger partial charge is 0.107 e. The zero-order valence-electron chi connectivity index (χ0n) is 7.15. The van der Waals surface area contributed by atoms with Crippen molar-refractivity contribution in [3.8, 4) is 0 Å². The van der Waals surface area contributed by atoms with Crippen LogP contribution in [-0.2, 0) is 6.54 Å². The first-order chi connectivity index (χ1) is 6.25. The van der Waals surface area contributed by atoms with Gasteiger partial charge in [0.25, 0.3) is 0 Å². The van der Waals surface area contributed by atoms with Gasteiger partial charge in [-0.05, 0) is 47.3 Å². The Kier molecular flexibility index (Phi) is 3.30. The monoisotopic (exact) mass is 279 g/mol. The summed E-state index contributed by atoms with van der Waals surface area (Å²) in [6.45, 7) is 2.11. The van der Waals surface area contributed by atoms with E-state index in [1.165, 1.54) is 17.7 Å². The molecule has 0 atom stereocenters. The maximum atomic E-state index is 5.93. The number of hydrogen-bond donors (Lipinski definition) is 1. The molecule has 1 aliphatic carbocycles. The molecule has 4 heteroatoms. The normalized spacial score (nSPS) is 16.5. The highest BCUT2D eigenvalue weighted by atomic mass is 79.9. The molecule has 0 bridgehead atoms. The van der Waals surface area contributed by atoms with Crippen molar-refractivity contribution in [2.75, 3.05) is 6.54 Å². The average molecular weight is 281 g/mol. The molecule has 13 heavy (non-hydrogen) atoms. The molecule has 0 aliphatic heterocycles. The second-order valence-electron chi connectivity index (χ2n) is 3.41. The Morgan fingerprint density at radius 1 is 1.62 bits per heavy atom. The summed E-state index contributed by atoms with van der Waals surface area (Å²) < 4.78 is 1.87. The van der Waals surface area contributed by atoms with E-state index in [2.05, 4.69) is 27.3 Å². The van der Waals surface area contributed by atoms with Crippen molar-refractivity contribution >= 4 is 38.9 Å². The van der Waals surface area contributed by atoms with E-state index in [1.807, 2.05) is 0 Å². The summed E-state index contributed by atoms with van der Waals surface area (Å²) in [5.41, 5.74) is 0. The van der Waals surface area contributed by atoms with Crippen LogP contribution >= 0.6 is 38.9 Å². The fraction of sp³-hybridized carbons (Fsp3) is 0.556. The Hall–Kier alpha value is 0.430. The van der Waals surface area contributed by atoms with E-state index >= 15 is 0 Å². The lowest BCUT2D eigenvalue weighted by molar-refractivity contribution is 0.643. The van der Waals surface area contributed by atoms with Gasteiger partial charge >= 0.3 is 0 Å². The van der Waals surface area contributed by atoms with Gasteiger partial charge in [-0.2, -0.15) is 0 Å². The quantitative estimate of drug-likeness (QED) is 0.887. The summed E-state index contributed by atoms with van der Waals surface area (Å²) in [5.74, 6) is 0.943. The second kappa shape index (κ2) is 4.30. The lowest BCUT2D eigenvalue weighted by atomic mass is 10.4. The molecule has 0 spiro atoms. The summed E-state index contributed by atoms with van der Waals surface area (Å²) in [6, 6.07) is 2.09.